The van der Waals surface area contributed by atoms with Gasteiger partial charge in [0.25, 0.3) is 0 Å². The zero-order chi connectivity index (χ0) is 18.6. The van der Waals surface area contributed by atoms with E-state index in [9.17, 15) is 34.8 Å². The highest BCUT2D eigenvalue weighted by atomic mass is 16.5. The lowest BCUT2D eigenvalue weighted by molar-refractivity contribution is 0.0596. The summed E-state index contributed by atoms with van der Waals surface area (Å²) in [6, 6.07) is 1.65. The Balaban J connectivity index is 2.41. The van der Waals surface area contributed by atoms with Gasteiger partial charge in [0.1, 0.15) is 17.1 Å². The molecule has 128 valence electrons. The van der Waals surface area contributed by atoms with Crippen LogP contribution in [0.2, 0.25) is 0 Å². The summed E-state index contributed by atoms with van der Waals surface area (Å²) in [5, 5.41) is 39.5. The summed E-state index contributed by atoms with van der Waals surface area (Å²) in [7, 11) is 1.09. The highest BCUT2D eigenvalue weighted by Crippen LogP contribution is 2.44. The highest BCUT2D eigenvalue weighted by Gasteiger charge is 2.39. The topological polar surface area (TPSA) is 141 Å². The maximum absolute atomic E-state index is 12.8. The Morgan fingerprint density at radius 2 is 1.52 bits per heavy atom. The lowest BCUT2D eigenvalue weighted by Crippen LogP contribution is -2.24. The third-order valence-corrected chi connectivity index (χ3v) is 4.13. The number of ketones is 2. The van der Waals surface area contributed by atoms with Crippen molar-refractivity contribution in [2.24, 2.45) is 0 Å². The molecule has 3 rings (SSSR count). The van der Waals surface area contributed by atoms with E-state index in [1.54, 1.807) is 0 Å². The Bertz CT molecular complexity index is 987. The van der Waals surface area contributed by atoms with E-state index >= 15 is 0 Å². The number of phenolic OH excluding ortho intramolecular Hbond substituents is 4. The molecule has 0 heterocycles. The molecule has 0 saturated carbocycles. The van der Waals surface area contributed by atoms with Gasteiger partial charge in [0.2, 0.25) is 0 Å². The van der Waals surface area contributed by atoms with E-state index in [2.05, 4.69) is 4.74 Å². The van der Waals surface area contributed by atoms with Gasteiger partial charge in [-0.05, 0) is 18.6 Å². The normalized spacial score (nSPS) is 12.6. The van der Waals surface area contributed by atoms with Crippen LogP contribution in [0.3, 0.4) is 0 Å². The molecule has 0 amide bonds. The third kappa shape index (κ3) is 2.04. The number of aromatic hydroxyl groups is 4. The van der Waals surface area contributed by atoms with Crippen LogP contribution >= 0.6 is 0 Å². The number of rotatable bonds is 1. The molecule has 2 aromatic rings. The Morgan fingerprint density at radius 1 is 0.880 bits per heavy atom. The summed E-state index contributed by atoms with van der Waals surface area (Å²) in [4.78, 5) is 37.3. The Morgan fingerprint density at radius 3 is 2.12 bits per heavy atom. The number of hydrogen-bond donors (Lipinski definition) is 4. The number of benzene rings is 2. The number of carbonyl (C=O) groups is 3. The molecule has 0 aliphatic heterocycles. The maximum atomic E-state index is 12.8. The summed E-state index contributed by atoms with van der Waals surface area (Å²) in [5.41, 5.74) is -1.81. The monoisotopic (exact) mass is 344 g/mol. The lowest BCUT2D eigenvalue weighted by atomic mass is 9.79. The van der Waals surface area contributed by atoms with Crippen LogP contribution in [0, 0.1) is 6.92 Å². The van der Waals surface area contributed by atoms with Crippen molar-refractivity contribution in [2.45, 2.75) is 6.92 Å². The van der Waals surface area contributed by atoms with Crippen LogP contribution in [0.4, 0.5) is 0 Å². The first-order chi connectivity index (χ1) is 11.7. The van der Waals surface area contributed by atoms with E-state index in [4.69, 9.17) is 0 Å². The van der Waals surface area contributed by atoms with Crippen molar-refractivity contribution in [3.05, 3.63) is 45.5 Å². The van der Waals surface area contributed by atoms with Crippen molar-refractivity contribution < 1.29 is 39.5 Å². The minimum Gasteiger partial charge on any atom is -0.507 e. The molecule has 4 N–H and O–H groups in total. The number of esters is 1. The molecule has 1 aliphatic carbocycles. The molecule has 1 aliphatic rings. The van der Waals surface area contributed by atoms with Gasteiger partial charge in [0, 0.05) is 17.2 Å². The first-order valence-corrected chi connectivity index (χ1v) is 7.02. The molecule has 0 fully saturated rings. The molecular formula is C17H12O8. The van der Waals surface area contributed by atoms with Gasteiger partial charge >= 0.3 is 5.97 Å². The maximum Gasteiger partial charge on any atom is 0.341 e. The zero-order valence-corrected chi connectivity index (χ0v) is 13.1. The number of hydrogen-bond acceptors (Lipinski definition) is 8. The molecule has 8 nitrogen and oxygen atoms in total. The fourth-order valence-electron chi connectivity index (χ4n) is 2.99. The minimum atomic E-state index is -0.901. The second-order valence-electron chi connectivity index (χ2n) is 5.48. The van der Waals surface area contributed by atoms with E-state index in [0.29, 0.717) is 0 Å². The molecule has 0 radical (unpaired) electrons. The molecule has 2 aromatic carbocycles. The van der Waals surface area contributed by atoms with Crippen LogP contribution in [0.1, 0.15) is 47.8 Å². The van der Waals surface area contributed by atoms with Crippen LogP contribution in [-0.4, -0.2) is 45.1 Å². The van der Waals surface area contributed by atoms with Crippen molar-refractivity contribution in [2.75, 3.05) is 7.11 Å². The summed E-state index contributed by atoms with van der Waals surface area (Å²) in [6.45, 7) is 1.35. The van der Waals surface area contributed by atoms with Gasteiger partial charge in [-0.3, -0.25) is 9.59 Å². The van der Waals surface area contributed by atoms with E-state index < -0.39 is 51.7 Å². The van der Waals surface area contributed by atoms with E-state index in [-0.39, 0.29) is 22.3 Å². The van der Waals surface area contributed by atoms with Crippen LogP contribution in [0.5, 0.6) is 23.0 Å². The Kier molecular flexibility index (Phi) is 3.41. The smallest absolute Gasteiger partial charge is 0.341 e. The fraction of sp³-hybridized carbons (Fsp3) is 0.118. The average molecular weight is 344 g/mol. The van der Waals surface area contributed by atoms with Gasteiger partial charge in [-0.25, -0.2) is 4.79 Å². The van der Waals surface area contributed by atoms with Crippen molar-refractivity contribution >= 4 is 17.5 Å². The summed E-state index contributed by atoms with van der Waals surface area (Å²) in [6.07, 6.45) is 0. The molecule has 0 atom stereocenters. The van der Waals surface area contributed by atoms with Gasteiger partial charge in [-0.2, -0.15) is 0 Å². The predicted molar refractivity (Wildman–Crippen MR) is 82.5 cm³/mol. The second-order valence-corrected chi connectivity index (χ2v) is 5.48. The largest absolute Gasteiger partial charge is 0.507 e. The van der Waals surface area contributed by atoms with Crippen LogP contribution in [-0.2, 0) is 4.74 Å². The number of fused-ring (bicyclic) bond motifs is 2. The number of methoxy groups -OCH3 is 1. The van der Waals surface area contributed by atoms with Gasteiger partial charge in [0.05, 0.1) is 18.2 Å². The minimum absolute atomic E-state index is 0.00202. The standard InChI is InChI=1S/C17H12O8/c1-5-10-6(3-7(18)11(5)17(24)25-2)14(21)13-12(16(10)23)8(19)4-9(20)15(13)22/h3-4,18-20,22H,1-2H3. The highest BCUT2D eigenvalue weighted by molar-refractivity contribution is 6.31. The quantitative estimate of drug-likeness (QED) is 0.295. The van der Waals surface area contributed by atoms with Crippen molar-refractivity contribution in [1.82, 2.24) is 0 Å². The first kappa shape index (κ1) is 16.3. The molecule has 0 spiro atoms. The number of carbonyl (C=O) groups excluding carboxylic acids is 3. The average Bonchev–Trinajstić information content (AvgIpc) is 2.55. The summed E-state index contributed by atoms with van der Waals surface area (Å²) < 4.78 is 4.56. The van der Waals surface area contributed by atoms with Gasteiger partial charge in [-0.1, -0.05) is 0 Å². The van der Waals surface area contributed by atoms with Crippen LogP contribution in [0.25, 0.3) is 0 Å². The molecule has 25 heavy (non-hydrogen) atoms. The molecular weight excluding hydrogens is 332 g/mol. The van der Waals surface area contributed by atoms with Gasteiger partial charge in [0.15, 0.2) is 23.1 Å². The van der Waals surface area contributed by atoms with Crippen molar-refractivity contribution in [3.63, 3.8) is 0 Å². The van der Waals surface area contributed by atoms with E-state index in [1.165, 1.54) is 6.92 Å². The van der Waals surface area contributed by atoms with Gasteiger partial charge < -0.3 is 25.2 Å². The Labute approximate surface area is 140 Å². The van der Waals surface area contributed by atoms with Crippen molar-refractivity contribution in [3.8, 4) is 23.0 Å². The summed E-state index contributed by atoms with van der Waals surface area (Å²) >= 11 is 0. The molecule has 0 unspecified atom stereocenters. The second kappa shape index (κ2) is 5.23. The van der Waals surface area contributed by atoms with Crippen LogP contribution in [0.15, 0.2) is 12.1 Å². The zero-order valence-electron chi connectivity index (χ0n) is 13.1. The SMILES string of the molecule is COC(=O)c1c(O)cc2c(c1C)C(=O)c1c(O)cc(O)c(O)c1C2=O. The van der Waals surface area contributed by atoms with E-state index in [0.717, 1.165) is 19.2 Å². The first-order valence-electron chi connectivity index (χ1n) is 7.02. The molecule has 0 bridgehead atoms. The predicted octanol–water partition coefficient (Wildman–Crippen LogP) is 1.38. The molecule has 0 saturated heterocycles. The van der Waals surface area contributed by atoms with Crippen LogP contribution < -0.4 is 0 Å². The Hall–Kier alpha value is -3.55. The lowest BCUT2D eigenvalue weighted by Gasteiger charge is -2.22. The third-order valence-electron chi connectivity index (χ3n) is 4.13. The van der Waals surface area contributed by atoms with Gasteiger partial charge in [-0.15, -0.1) is 0 Å². The van der Waals surface area contributed by atoms with E-state index in [1.807, 2.05) is 0 Å². The molecule has 0 aromatic heterocycles. The fourth-order valence-corrected chi connectivity index (χ4v) is 2.99. The molecule has 8 heteroatoms. The summed E-state index contributed by atoms with van der Waals surface area (Å²) in [5.74, 6) is -5.51. The number of ether oxygens (including phenoxy) is 1. The van der Waals surface area contributed by atoms with Crippen molar-refractivity contribution in [1.29, 1.82) is 0 Å². The number of phenols is 4.